The Labute approximate surface area is 150 Å². The van der Waals surface area contributed by atoms with E-state index in [1.54, 1.807) is 18.2 Å². The van der Waals surface area contributed by atoms with Crippen LogP contribution in [0.15, 0.2) is 54.9 Å². The molecular formula is C19H16ClN3O2. The Kier molecular flexibility index (Phi) is 4.95. The Hall–Kier alpha value is -2.92. The van der Waals surface area contributed by atoms with Crippen molar-refractivity contribution in [3.05, 3.63) is 71.1 Å². The monoisotopic (exact) mass is 353 g/mol. The molecule has 0 unspecified atom stereocenters. The molecule has 6 heteroatoms. The molecule has 1 N–H and O–H groups in total. The number of nitrogens with one attached hydrogen (secondary N) is 1. The number of ether oxygens (including phenoxy) is 1. The second-order valence-corrected chi connectivity index (χ2v) is 5.83. The number of carbonyl (C=O) groups excluding carboxylic acids is 1. The average molecular weight is 354 g/mol. The first kappa shape index (κ1) is 16.9. The maximum absolute atomic E-state index is 12.5. The van der Waals surface area contributed by atoms with Crippen LogP contribution in [0.25, 0.3) is 11.1 Å². The Morgan fingerprint density at radius 3 is 2.48 bits per heavy atom. The summed E-state index contributed by atoms with van der Waals surface area (Å²) in [5, 5.41) is 3.13. The van der Waals surface area contributed by atoms with Gasteiger partial charge in [0.25, 0.3) is 5.91 Å². The molecule has 1 aromatic carbocycles. The number of carbonyl (C=O) groups is 1. The quantitative estimate of drug-likeness (QED) is 0.707. The van der Waals surface area contributed by atoms with Gasteiger partial charge in [0.05, 0.1) is 24.6 Å². The highest BCUT2D eigenvalue weighted by molar-refractivity contribution is 6.32. The molecule has 0 bridgehead atoms. The smallest absolute Gasteiger partial charge is 0.257 e. The van der Waals surface area contributed by atoms with Crippen molar-refractivity contribution in [1.82, 2.24) is 9.97 Å². The fraction of sp³-hybridized carbons (Fsp3) is 0.105. The third-order valence-electron chi connectivity index (χ3n) is 3.67. The molecule has 0 spiro atoms. The maximum Gasteiger partial charge on any atom is 0.257 e. The van der Waals surface area contributed by atoms with Gasteiger partial charge in [0.1, 0.15) is 5.15 Å². The number of benzene rings is 1. The third kappa shape index (κ3) is 3.95. The van der Waals surface area contributed by atoms with Gasteiger partial charge in [-0.2, -0.15) is 0 Å². The lowest BCUT2D eigenvalue weighted by molar-refractivity contribution is 0.102. The summed E-state index contributed by atoms with van der Waals surface area (Å²) in [5.41, 5.74) is 3.74. The van der Waals surface area contributed by atoms with Gasteiger partial charge in [-0.25, -0.2) is 9.97 Å². The van der Waals surface area contributed by atoms with Gasteiger partial charge in [-0.3, -0.25) is 4.79 Å². The van der Waals surface area contributed by atoms with Crippen molar-refractivity contribution in [3.63, 3.8) is 0 Å². The van der Waals surface area contributed by atoms with Crippen LogP contribution in [0.4, 0.5) is 5.69 Å². The van der Waals surface area contributed by atoms with Gasteiger partial charge in [0.15, 0.2) is 0 Å². The Morgan fingerprint density at radius 1 is 1.08 bits per heavy atom. The first-order chi connectivity index (χ1) is 12.1. The number of aromatic nitrogens is 2. The molecule has 0 aliphatic rings. The van der Waals surface area contributed by atoms with E-state index in [0.717, 1.165) is 11.1 Å². The van der Waals surface area contributed by atoms with E-state index in [1.807, 2.05) is 31.2 Å². The molecule has 25 heavy (non-hydrogen) atoms. The zero-order chi connectivity index (χ0) is 17.8. The predicted molar refractivity (Wildman–Crippen MR) is 98.2 cm³/mol. The van der Waals surface area contributed by atoms with Crippen molar-refractivity contribution in [3.8, 4) is 17.0 Å². The van der Waals surface area contributed by atoms with Crippen LogP contribution in [0.2, 0.25) is 5.15 Å². The second kappa shape index (κ2) is 7.32. The highest BCUT2D eigenvalue weighted by Gasteiger charge is 2.12. The van der Waals surface area contributed by atoms with E-state index in [-0.39, 0.29) is 5.91 Å². The van der Waals surface area contributed by atoms with Gasteiger partial charge < -0.3 is 10.1 Å². The van der Waals surface area contributed by atoms with Gasteiger partial charge in [-0.1, -0.05) is 41.4 Å². The largest absolute Gasteiger partial charge is 0.481 e. The summed E-state index contributed by atoms with van der Waals surface area (Å²) in [6.07, 6.45) is 2.98. The van der Waals surface area contributed by atoms with E-state index in [2.05, 4.69) is 15.3 Å². The topological polar surface area (TPSA) is 64.1 Å². The summed E-state index contributed by atoms with van der Waals surface area (Å²) in [4.78, 5) is 20.7. The lowest BCUT2D eigenvalue weighted by atomic mass is 10.0. The van der Waals surface area contributed by atoms with Gasteiger partial charge in [-0.05, 0) is 24.6 Å². The number of hydrogen-bond acceptors (Lipinski definition) is 4. The Bertz CT molecular complexity index is 894. The molecule has 2 aromatic heterocycles. The van der Waals surface area contributed by atoms with Gasteiger partial charge in [-0.15, -0.1) is 0 Å². The van der Waals surface area contributed by atoms with Crippen molar-refractivity contribution in [2.24, 2.45) is 0 Å². The molecule has 1 amide bonds. The zero-order valence-electron chi connectivity index (χ0n) is 13.8. The van der Waals surface area contributed by atoms with Crippen molar-refractivity contribution in [1.29, 1.82) is 0 Å². The number of hydrogen-bond donors (Lipinski definition) is 1. The fourth-order valence-corrected chi connectivity index (χ4v) is 2.50. The lowest BCUT2D eigenvalue weighted by Gasteiger charge is -2.09. The molecule has 5 nitrogen and oxygen atoms in total. The number of methoxy groups -OCH3 is 1. The van der Waals surface area contributed by atoms with Crippen LogP contribution in [-0.2, 0) is 0 Å². The van der Waals surface area contributed by atoms with Crippen molar-refractivity contribution < 1.29 is 9.53 Å². The van der Waals surface area contributed by atoms with Crippen LogP contribution < -0.4 is 10.1 Å². The first-order valence-corrected chi connectivity index (χ1v) is 7.98. The summed E-state index contributed by atoms with van der Waals surface area (Å²) in [7, 11) is 1.53. The first-order valence-electron chi connectivity index (χ1n) is 7.61. The number of aryl methyl sites for hydroxylation is 1. The number of rotatable bonds is 4. The highest BCUT2D eigenvalue weighted by Crippen LogP contribution is 2.27. The zero-order valence-corrected chi connectivity index (χ0v) is 14.5. The summed E-state index contributed by atoms with van der Waals surface area (Å²) in [6, 6.07) is 13.0. The minimum Gasteiger partial charge on any atom is -0.481 e. The fourth-order valence-electron chi connectivity index (χ4n) is 2.29. The molecule has 0 aliphatic carbocycles. The second-order valence-electron chi connectivity index (χ2n) is 5.47. The Morgan fingerprint density at radius 2 is 1.84 bits per heavy atom. The molecule has 126 valence electrons. The Balaban J connectivity index is 1.85. The van der Waals surface area contributed by atoms with E-state index in [9.17, 15) is 4.79 Å². The molecule has 0 aliphatic heterocycles. The van der Waals surface area contributed by atoms with Crippen LogP contribution in [-0.4, -0.2) is 23.0 Å². The van der Waals surface area contributed by atoms with E-state index >= 15 is 0 Å². The van der Waals surface area contributed by atoms with Crippen LogP contribution in [0, 0.1) is 6.92 Å². The summed E-state index contributed by atoms with van der Waals surface area (Å²) in [6.45, 7) is 2.01. The summed E-state index contributed by atoms with van der Waals surface area (Å²) in [5.74, 6) is 0.192. The van der Waals surface area contributed by atoms with Gasteiger partial charge in [0.2, 0.25) is 5.88 Å². The number of amides is 1. The standard InChI is InChI=1S/C19H16ClN3O2/c1-12-3-5-13(6-4-12)16-9-14(10-22-18(16)20)19(24)23-15-7-8-17(25-2)21-11-15/h3-11H,1-2H3,(H,23,24). The van der Waals surface area contributed by atoms with Gasteiger partial charge >= 0.3 is 0 Å². The van der Waals surface area contributed by atoms with E-state index in [4.69, 9.17) is 16.3 Å². The predicted octanol–water partition coefficient (Wildman–Crippen LogP) is 4.37. The van der Waals surface area contributed by atoms with Crippen molar-refractivity contribution in [2.75, 3.05) is 12.4 Å². The summed E-state index contributed by atoms with van der Waals surface area (Å²) >= 11 is 6.20. The molecule has 0 atom stereocenters. The lowest BCUT2D eigenvalue weighted by Crippen LogP contribution is -2.12. The molecule has 0 saturated heterocycles. The minimum atomic E-state index is -0.288. The molecule has 3 aromatic rings. The third-order valence-corrected chi connectivity index (χ3v) is 3.97. The number of pyridine rings is 2. The van der Waals surface area contributed by atoms with Crippen molar-refractivity contribution >= 4 is 23.2 Å². The molecule has 3 rings (SSSR count). The molecule has 0 fully saturated rings. The highest BCUT2D eigenvalue weighted by atomic mass is 35.5. The van der Waals surface area contributed by atoms with Crippen LogP contribution in [0.3, 0.4) is 0 Å². The molecule has 2 heterocycles. The maximum atomic E-state index is 12.5. The number of halogens is 1. The van der Waals surface area contributed by atoms with E-state index in [0.29, 0.717) is 27.8 Å². The number of anilines is 1. The van der Waals surface area contributed by atoms with Crippen LogP contribution in [0.5, 0.6) is 5.88 Å². The molecular weight excluding hydrogens is 338 g/mol. The molecule has 0 saturated carbocycles. The molecule has 0 radical (unpaired) electrons. The van der Waals surface area contributed by atoms with Crippen molar-refractivity contribution in [2.45, 2.75) is 6.92 Å². The average Bonchev–Trinajstić information content (AvgIpc) is 2.63. The number of nitrogens with zero attached hydrogens (tertiary/aromatic N) is 2. The van der Waals surface area contributed by atoms with E-state index in [1.165, 1.54) is 19.5 Å². The van der Waals surface area contributed by atoms with Gasteiger partial charge in [0, 0.05) is 17.8 Å². The van der Waals surface area contributed by atoms with Crippen LogP contribution in [0.1, 0.15) is 15.9 Å². The van der Waals surface area contributed by atoms with Crippen LogP contribution >= 0.6 is 11.6 Å². The minimum absolute atomic E-state index is 0.288. The van der Waals surface area contributed by atoms with E-state index < -0.39 is 0 Å². The normalized spacial score (nSPS) is 10.4. The SMILES string of the molecule is COc1ccc(NC(=O)c2cnc(Cl)c(-c3ccc(C)cc3)c2)cn1. The summed E-state index contributed by atoms with van der Waals surface area (Å²) < 4.78 is 5.00.